The number of aryl methyl sites for hydroxylation is 1. The number of aromatic nitrogens is 2. The molecule has 2 N–H and O–H groups in total. The lowest BCUT2D eigenvalue weighted by molar-refractivity contribution is 0.0953. The van der Waals surface area contributed by atoms with Crippen LogP contribution in [0.15, 0.2) is 42.5 Å². The quantitative estimate of drug-likeness (QED) is 0.541. The number of hydrogen-bond acceptors (Lipinski definition) is 6. The first-order valence-electron chi connectivity index (χ1n) is 10.9. The first-order valence-corrected chi connectivity index (χ1v) is 10.9. The molecular weight excluding hydrogens is 390 g/mol. The molecule has 1 amide bonds. The number of amides is 1. The van der Waals surface area contributed by atoms with Crippen LogP contribution in [0.5, 0.6) is 5.75 Å². The monoisotopic (exact) mass is 419 g/mol. The highest BCUT2D eigenvalue weighted by Gasteiger charge is 2.17. The summed E-state index contributed by atoms with van der Waals surface area (Å²) < 4.78 is 5.72. The van der Waals surface area contributed by atoms with Crippen LogP contribution in [0.25, 0.3) is 10.8 Å². The van der Waals surface area contributed by atoms with E-state index in [1.165, 1.54) is 12.8 Å². The summed E-state index contributed by atoms with van der Waals surface area (Å²) in [5, 5.41) is 8.22. The van der Waals surface area contributed by atoms with Gasteiger partial charge in [0.2, 0.25) is 0 Å². The van der Waals surface area contributed by atoms with E-state index in [0.29, 0.717) is 31.0 Å². The summed E-state index contributed by atoms with van der Waals surface area (Å²) in [5.74, 6) is 2.96. The van der Waals surface area contributed by atoms with Gasteiger partial charge in [0.1, 0.15) is 23.2 Å². The Labute approximate surface area is 182 Å². The third-order valence-electron chi connectivity index (χ3n) is 5.39. The lowest BCUT2D eigenvalue weighted by Gasteiger charge is -2.18. The molecule has 0 atom stereocenters. The van der Waals surface area contributed by atoms with Crippen molar-refractivity contribution in [1.29, 1.82) is 0 Å². The number of nitrogens with zero attached hydrogens (tertiary/aromatic N) is 3. The average Bonchev–Trinajstić information content (AvgIpc) is 3.31. The third-order valence-corrected chi connectivity index (χ3v) is 5.39. The Kier molecular flexibility index (Phi) is 6.50. The van der Waals surface area contributed by atoms with Crippen molar-refractivity contribution in [3.8, 4) is 5.75 Å². The molecule has 7 heteroatoms. The van der Waals surface area contributed by atoms with Gasteiger partial charge in [-0.1, -0.05) is 30.3 Å². The van der Waals surface area contributed by atoms with Gasteiger partial charge in [-0.25, -0.2) is 9.97 Å². The van der Waals surface area contributed by atoms with E-state index >= 15 is 0 Å². The van der Waals surface area contributed by atoms with Crippen molar-refractivity contribution in [2.24, 2.45) is 0 Å². The maximum atomic E-state index is 13.0. The fraction of sp³-hybridized carbons (Fsp3) is 0.375. The lowest BCUT2D eigenvalue weighted by Crippen LogP contribution is -2.29. The van der Waals surface area contributed by atoms with Gasteiger partial charge >= 0.3 is 0 Å². The van der Waals surface area contributed by atoms with E-state index in [9.17, 15) is 4.79 Å². The average molecular weight is 420 g/mol. The van der Waals surface area contributed by atoms with Crippen molar-refractivity contribution < 1.29 is 9.53 Å². The molecule has 3 aromatic rings. The zero-order chi connectivity index (χ0) is 21.6. The molecule has 1 aliphatic heterocycles. The van der Waals surface area contributed by atoms with Gasteiger partial charge in [0.05, 0.1) is 12.2 Å². The van der Waals surface area contributed by atoms with Crippen LogP contribution in [0.3, 0.4) is 0 Å². The predicted molar refractivity (Wildman–Crippen MR) is 124 cm³/mol. The van der Waals surface area contributed by atoms with Gasteiger partial charge in [0, 0.05) is 32.2 Å². The van der Waals surface area contributed by atoms with Crippen LogP contribution in [-0.2, 0) is 0 Å². The van der Waals surface area contributed by atoms with E-state index in [1.54, 1.807) is 0 Å². The molecule has 2 aromatic carbocycles. The summed E-state index contributed by atoms with van der Waals surface area (Å²) in [6.07, 6.45) is 2.41. The molecule has 0 unspecified atom stereocenters. The molecule has 1 fully saturated rings. The highest BCUT2D eigenvalue weighted by atomic mass is 16.5. The van der Waals surface area contributed by atoms with Crippen molar-refractivity contribution in [3.05, 3.63) is 53.9 Å². The number of ether oxygens (including phenoxy) is 1. The first kappa shape index (κ1) is 20.9. The molecule has 162 valence electrons. The Morgan fingerprint density at radius 1 is 1.10 bits per heavy atom. The number of fused-ring (bicyclic) bond motifs is 1. The molecule has 2 heterocycles. The first-order chi connectivity index (χ1) is 15.2. The molecule has 1 saturated heterocycles. The highest BCUT2D eigenvalue weighted by molar-refractivity contribution is 6.09. The largest absolute Gasteiger partial charge is 0.493 e. The summed E-state index contributed by atoms with van der Waals surface area (Å²) in [4.78, 5) is 24.3. The van der Waals surface area contributed by atoms with Crippen LogP contribution in [0.2, 0.25) is 0 Å². The van der Waals surface area contributed by atoms with Gasteiger partial charge in [-0.2, -0.15) is 0 Å². The number of nitrogens with one attached hydrogen (secondary N) is 2. The van der Waals surface area contributed by atoms with Gasteiger partial charge in [-0.15, -0.1) is 0 Å². The number of carbonyl (C=O) groups is 1. The van der Waals surface area contributed by atoms with Crippen molar-refractivity contribution in [1.82, 2.24) is 15.3 Å². The van der Waals surface area contributed by atoms with E-state index in [0.717, 1.165) is 41.3 Å². The van der Waals surface area contributed by atoms with Gasteiger partial charge < -0.3 is 20.3 Å². The highest BCUT2D eigenvalue weighted by Crippen LogP contribution is 2.28. The summed E-state index contributed by atoms with van der Waals surface area (Å²) in [7, 11) is 0. The summed E-state index contributed by atoms with van der Waals surface area (Å²) in [5.41, 5.74) is 0.578. The summed E-state index contributed by atoms with van der Waals surface area (Å²) >= 11 is 0. The van der Waals surface area contributed by atoms with Gasteiger partial charge in [-0.05, 0) is 43.5 Å². The molecule has 4 rings (SSSR count). The van der Waals surface area contributed by atoms with Crippen LogP contribution in [0.1, 0.15) is 35.9 Å². The molecule has 1 aromatic heterocycles. The second-order valence-electron chi connectivity index (χ2n) is 7.63. The van der Waals surface area contributed by atoms with Crippen LogP contribution < -0.4 is 20.3 Å². The molecule has 1 aliphatic rings. The molecule has 31 heavy (non-hydrogen) atoms. The van der Waals surface area contributed by atoms with Crippen molar-refractivity contribution >= 4 is 28.3 Å². The predicted octanol–water partition coefficient (Wildman–Crippen LogP) is 3.78. The molecule has 0 radical (unpaired) electrons. The molecule has 0 bridgehead atoms. The number of carbonyl (C=O) groups excluding carboxylic acids is 1. The SMILES string of the molecule is CCOc1ccc2ccccc2c1C(=O)NCCNc1cc(N2CCCC2)nc(C)n1. The molecular formula is C24H29N5O2. The molecule has 0 aliphatic carbocycles. The minimum atomic E-state index is -0.140. The number of hydrogen-bond donors (Lipinski definition) is 2. The van der Waals surface area contributed by atoms with Crippen molar-refractivity contribution in [2.45, 2.75) is 26.7 Å². The Bertz CT molecular complexity index is 1060. The fourth-order valence-electron chi connectivity index (χ4n) is 3.97. The topological polar surface area (TPSA) is 79.4 Å². The Hall–Kier alpha value is -3.35. The van der Waals surface area contributed by atoms with Crippen LogP contribution in [0.4, 0.5) is 11.6 Å². The maximum Gasteiger partial charge on any atom is 0.255 e. The Balaban J connectivity index is 1.41. The molecule has 0 spiro atoms. The molecule has 0 saturated carbocycles. The third kappa shape index (κ3) is 4.87. The molecule has 7 nitrogen and oxygen atoms in total. The standard InChI is InChI=1S/C24H29N5O2/c1-3-31-20-11-10-18-8-4-5-9-19(18)23(20)24(30)26-13-12-25-21-16-22(28-17(2)27-21)29-14-6-7-15-29/h4-5,8-11,16H,3,6-7,12-15H2,1-2H3,(H,26,30)(H,25,27,28). The van der Waals surface area contributed by atoms with Gasteiger partial charge in [0.15, 0.2) is 0 Å². The number of anilines is 2. The second-order valence-corrected chi connectivity index (χ2v) is 7.63. The van der Waals surface area contributed by atoms with Crippen molar-refractivity contribution in [3.63, 3.8) is 0 Å². The van der Waals surface area contributed by atoms with Gasteiger partial charge in [-0.3, -0.25) is 4.79 Å². The van der Waals surface area contributed by atoms with E-state index in [1.807, 2.05) is 56.3 Å². The minimum Gasteiger partial charge on any atom is -0.493 e. The maximum absolute atomic E-state index is 13.0. The smallest absolute Gasteiger partial charge is 0.255 e. The van der Waals surface area contributed by atoms with Crippen molar-refractivity contribution in [2.75, 3.05) is 43.0 Å². The van der Waals surface area contributed by atoms with Crippen LogP contribution in [0, 0.1) is 6.92 Å². The minimum absolute atomic E-state index is 0.140. The zero-order valence-electron chi connectivity index (χ0n) is 18.1. The zero-order valence-corrected chi connectivity index (χ0v) is 18.1. The number of benzene rings is 2. The van der Waals surface area contributed by atoms with Crippen LogP contribution >= 0.6 is 0 Å². The number of rotatable bonds is 8. The fourth-order valence-corrected chi connectivity index (χ4v) is 3.97. The summed E-state index contributed by atoms with van der Waals surface area (Å²) in [6, 6.07) is 13.7. The van der Waals surface area contributed by atoms with E-state index in [4.69, 9.17) is 4.74 Å². The Morgan fingerprint density at radius 3 is 2.71 bits per heavy atom. The van der Waals surface area contributed by atoms with E-state index in [-0.39, 0.29) is 5.91 Å². The normalized spacial score (nSPS) is 13.4. The van der Waals surface area contributed by atoms with E-state index < -0.39 is 0 Å². The summed E-state index contributed by atoms with van der Waals surface area (Å²) in [6.45, 7) is 7.44. The van der Waals surface area contributed by atoms with Gasteiger partial charge in [0.25, 0.3) is 5.91 Å². The Morgan fingerprint density at radius 2 is 1.90 bits per heavy atom. The second kappa shape index (κ2) is 9.64. The lowest BCUT2D eigenvalue weighted by atomic mass is 10.0. The van der Waals surface area contributed by atoms with Crippen LogP contribution in [-0.4, -0.2) is 48.7 Å². The van der Waals surface area contributed by atoms with E-state index in [2.05, 4.69) is 25.5 Å².